The molecule has 118 valence electrons. The highest BCUT2D eigenvalue weighted by molar-refractivity contribution is 6.31. The van der Waals surface area contributed by atoms with E-state index in [2.05, 4.69) is 5.10 Å². The molecule has 5 nitrogen and oxygen atoms in total. The van der Waals surface area contributed by atoms with E-state index in [1.54, 1.807) is 0 Å². The summed E-state index contributed by atoms with van der Waals surface area (Å²) in [7, 11) is 0. The van der Waals surface area contributed by atoms with Gasteiger partial charge in [-0.1, -0.05) is 18.5 Å². The van der Waals surface area contributed by atoms with Crippen LogP contribution >= 0.6 is 11.6 Å². The molecule has 0 aromatic carbocycles. The number of hydrogen-bond donors (Lipinski definition) is 0. The number of ether oxygens (including phenoxy) is 1. The van der Waals surface area contributed by atoms with Gasteiger partial charge in [0.2, 0.25) is 5.91 Å². The van der Waals surface area contributed by atoms with Crippen molar-refractivity contribution in [3.8, 4) is 0 Å². The van der Waals surface area contributed by atoms with Gasteiger partial charge in [-0.15, -0.1) is 0 Å². The van der Waals surface area contributed by atoms with Gasteiger partial charge in [0.05, 0.1) is 41.1 Å². The third-order valence-electron chi connectivity index (χ3n) is 3.89. The highest BCUT2D eigenvalue weighted by atomic mass is 35.5. The molecule has 1 aliphatic rings. The summed E-state index contributed by atoms with van der Waals surface area (Å²) in [6.07, 6.45) is 0.182. The van der Waals surface area contributed by atoms with Crippen LogP contribution in [0.15, 0.2) is 0 Å². The predicted octanol–water partition coefficient (Wildman–Crippen LogP) is 2.43. The van der Waals surface area contributed by atoms with Crippen molar-refractivity contribution in [3.05, 3.63) is 16.4 Å². The molecular weight excluding hydrogens is 290 g/mol. The highest BCUT2D eigenvalue weighted by Crippen LogP contribution is 2.21. The molecule has 0 saturated carbocycles. The lowest BCUT2D eigenvalue weighted by Crippen LogP contribution is -2.50. The number of aromatic nitrogens is 2. The molecule has 6 heteroatoms. The summed E-state index contributed by atoms with van der Waals surface area (Å²) < 4.78 is 7.50. The summed E-state index contributed by atoms with van der Waals surface area (Å²) >= 11 is 6.15. The Balaban J connectivity index is 2.04. The Morgan fingerprint density at radius 2 is 1.95 bits per heavy atom. The van der Waals surface area contributed by atoms with Crippen LogP contribution in [0.5, 0.6) is 0 Å². The van der Waals surface area contributed by atoms with Gasteiger partial charge in [0, 0.05) is 13.1 Å². The first-order valence-electron chi connectivity index (χ1n) is 7.43. The summed E-state index contributed by atoms with van der Waals surface area (Å²) in [5.41, 5.74) is 1.72. The SMILES string of the molecule is Cc1nn(C[C@@H](C)C(=O)N2C[C@@H](C)O[C@@H](C)C2)c(C)c1Cl. The van der Waals surface area contributed by atoms with Crippen LogP contribution in [-0.2, 0) is 16.1 Å². The molecule has 2 rings (SSSR count). The predicted molar refractivity (Wildman–Crippen MR) is 82.5 cm³/mol. The minimum atomic E-state index is -0.128. The molecule has 2 heterocycles. The Morgan fingerprint density at radius 1 is 1.38 bits per heavy atom. The molecule has 1 fully saturated rings. The largest absolute Gasteiger partial charge is 0.372 e. The van der Waals surface area contributed by atoms with Crippen LogP contribution in [0.4, 0.5) is 0 Å². The molecule has 1 aromatic rings. The van der Waals surface area contributed by atoms with Crippen molar-refractivity contribution in [2.24, 2.45) is 5.92 Å². The molecule has 1 saturated heterocycles. The van der Waals surface area contributed by atoms with E-state index in [0.717, 1.165) is 11.4 Å². The molecule has 0 spiro atoms. The van der Waals surface area contributed by atoms with E-state index in [4.69, 9.17) is 16.3 Å². The van der Waals surface area contributed by atoms with E-state index >= 15 is 0 Å². The topological polar surface area (TPSA) is 47.4 Å². The van der Waals surface area contributed by atoms with Crippen LogP contribution in [0.3, 0.4) is 0 Å². The minimum absolute atomic E-state index is 0.0908. The second-order valence-electron chi connectivity index (χ2n) is 6.07. The quantitative estimate of drug-likeness (QED) is 0.861. The van der Waals surface area contributed by atoms with Crippen LogP contribution in [-0.4, -0.2) is 45.9 Å². The van der Waals surface area contributed by atoms with Gasteiger partial charge in [0.1, 0.15) is 0 Å². The van der Waals surface area contributed by atoms with Gasteiger partial charge in [-0.25, -0.2) is 0 Å². The number of carbonyl (C=O) groups is 1. The first-order chi connectivity index (χ1) is 9.79. The zero-order chi connectivity index (χ0) is 15.7. The summed E-state index contributed by atoms with van der Waals surface area (Å²) in [5, 5.41) is 5.08. The van der Waals surface area contributed by atoms with Crippen molar-refractivity contribution in [2.45, 2.75) is 53.4 Å². The first-order valence-corrected chi connectivity index (χ1v) is 7.81. The van der Waals surface area contributed by atoms with E-state index in [0.29, 0.717) is 24.7 Å². The van der Waals surface area contributed by atoms with Gasteiger partial charge < -0.3 is 9.64 Å². The molecule has 0 aliphatic carbocycles. The molecule has 0 bridgehead atoms. The lowest BCUT2D eigenvalue weighted by Gasteiger charge is -2.36. The second-order valence-corrected chi connectivity index (χ2v) is 6.45. The fourth-order valence-corrected chi connectivity index (χ4v) is 3.00. The lowest BCUT2D eigenvalue weighted by atomic mass is 10.1. The molecule has 0 N–H and O–H groups in total. The van der Waals surface area contributed by atoms with Crippen LogP contribution in [0.25, 0.3) is 0 Å². The van der Waals surface area contributed by atoms with E-state index in [1.165, 1.54) is 0 Å². The molecule has 3 atom stereocenters. The first kappa shape index (κ1) is 16.3. The molecule has 0 radical (unpaired) electrons. The second kappa shape index (κ2) is 6.36. The van der Waals surface area contributed by atoms with E-state index in [-0.39, 0.29) is 24.0 Å². The maximum atomic E-state index is 12.6. The van der Waals surface area contributed by atoms with Crippen molar-refractivity contribution in [3.63, 3.8) is 0 Å². The van der Waals surface area contributed by atoms with Crippen molar-refractivity contribution >= 4 is 17.5 Å². The van der Waals surface area contributed by atoms with Crippen LogP contribution in [0.2, 0.25) is 5.02 Å². The number of nitrogens with zero attached hydrogens (tertiary/aromatic N) is 3. The molecule has 1 aliphatic heterocycles. The standard InChI is InChI=1S/C15H24ClN3O2/c1-9(6-19-13(5)14(16)12(4)17-19)15(20)18-7-10(2)21-11(3)8-18/h9-11H,6-8H2,1-5H3/t9-,10-,11+/m1/s1. The van der Waals surface area contributed by atoms with Gasteiger partial charge in [-0.05, 0) is 27.7 Å². The van der Waals surface area contributed by atoms with E-state index in [9.17, 15) is 4.79 Å². The lowest BCUT2D eigenvalue weighted by molar-refractivity contribution is -0.147. The number of carbonyl (C=O) groups excluding carboxylic acids is 1. The number of rotatable bonds is 3. The van der Waals surface area contributed by atoms with E-state index in [1.807, 2.05) is 44.2 Å². The van der Waals surface area contributed by atoms with Crippen LogP contribution < -0.4 is 0 Å². The van der Waals surface area contributed by atoms with Gasteiger partial charge in [-0.2, -0.15) is 5.10 Å². The summed E-state index contributed by atoms with van der Waals surface area (Å²) in [6, 6.07) is 0. The van der Waals surface area contributed by atoms with Gasteiger partial charge in [0.15, 0.2) is 0 Å². The van der Waals surface area contributed by atoms with Crippen LogP contribution in [0.1, 0.15) is 32.2 Å². The molecule has 1 amide bonds. The summed E-state index contributed by atoms with van der Waals surface area (Å²) in [6.45, 7) is 11.6. The molecule has 1 aromatic heterocycles. The maximum absolute atomic E-state index is 12.6. The average Bonchev–Trinajstić information content (AvgIpc) is 2.64. The average molecular weight is 314 g/mol. The minimum Gasteiger partial charge on any atom is -0.372 e. The monoisotopic (exact) mass is 313 g/mol. The van der Waals surface area contributed by atoms with Gasteiger partial charge >= 0.3 is 0 Å². The van der Waals surface area contributed by atoms with Crippen molar-refractivity contribution < 1.29 is 9.53 Å². The Hall–Kier alpha value is -1.07. The Morgan fingerprint density at radius 3 is 2.43 bits per heavy atom. The van der Waals surface area contributed by atoms with Crippen LogP contribution in [0, 0.1) is 19.8 Å². The number of halogens is 1. The molecular formula is C15H24ClN3O2. The normalized spacial score (nSPS) is 24.2. The maximum Gasteiger partial charge on any atom is 0.227 e. The molecule has 21 heavy (non-hydrogen) atoms. The fraction of sp³-hybridized carbons (Fsp3) is 0.733. The Kier molecular flexibility index (Phi) is 4.94. The highest BCUT2D eigenvalue weighted by Gasteiger charge is 2.29. The zero-order valence-corrected chi connectivity index (χ0v) is 14.1. The smallest absolute Gasteiger partial charge is 0.227 e. The van der Waals surface area contributed by atoms with E-state index < -0.39 is 0 Å². The number of amides is 1. The Labute approximate surface area is 131 Å². The zero-order valence-electron chi connectivity index (χ0n) is 13.4. The van der Waals surface area contributed by atoms with Crippen molar-refractivity contribution in [2.75, 3.05) is 13.1 Å². The molecule has 0 unspecified atom stereocenters. The summed E-state index contributed by atoms with van der Waals surface area (Å²) in [5.74, 6) is 0.0252. The fourth-order valence-electron chi connectivity index (χ4n) is 2.86. The number of hydrogen-bond acceptors (Lipinski definition) is 3. The third-order valence-corrected chi connectivity index (χ3v) is 4.44. The third kappa shape index (κ3) is 3.58. The van der Waals surface area contributed by atoms with Crippen molar-refractivity contribution in [1.82, 2.24) is 14.7 Å². The van der Waals surface area contributed by atoms with Crippen molar-refractivity contribution in [1.29, 1.82) is 0 Å². The van der Waals surface area contributed by atoms with Gasteiger partial charge in [0.25, 0.3) is 0 Å². The summed E-state index contributed by atoms with van der Waals surface area (Å²) in [4.78, 5) is 14.5. The Bertz CT molecular complexity index is 519. The van der Waals surface area contributed by atoms with Gasteiger partial charge in [-0.3, -0.25) is 9.48 Å². The number of morpholine rings is 1. The number of aryl methyl sites for hydroxylation is 1.